The predicted molar refractivity (Wildman–Crippen MR) is 96.5 cm³/mol. The molecule has 0 spiro atoms. The number of aliphatic hydroxyl groups excluding tert-OH is 1. The van der Waals surface area contributed by atoms with Gasteiger partial charge in [-0.3, -0.25) is 0 Å². The molecule has 3 N–H and O–H groups in total. The predicted octanol–water partition coefficient (Wildman–Crippen LogP) is 2.59. The molecule has 0 aliphatic carbocycles. The third-order valence-electron chi connectivity index (χ3n) is 4.55. The van der Waals surface area contributed by atoms with Crippen LogP contribution in [0.3, 0.4) is 0 Å². The van der Waals surface area contributed by atoms with Crippen molar-refractivity contribution in [2.45, 2.75) is 31.3 Å². The Morgan fingerprint density at radius 3 is 2.75 bits per heavy atom. The van der Waals surface area contributed by atoms with Gasteiger partial charge in [-0.05, 0) is 50.6 Å². The van der Waals surface area contributed by atoms with Gasteiger partial charge >= 0.3 is 0 Å². The van der Waals surface area contributed by atoms with E-state index in [1.54, 1.807) is 13.1 Å². The lowest BCUT2D eigenvalue weighted by molar-refractivity contribution is 0.208. The van der Waals surface area contributed by atoms with E-state index in [-0.39, 0.29) is 5.41 Å². The fraction of sp³-hybridized carbons (Fsp3) is 0.444. The first kappa shape index (κ1) is 17.1. The number of anilines is 1. The summed E-state index contributed by atoms with van der Waals surface area (Å²) in [6.45, 7) is 4.00. The van der Waals surface area contributed by atoms with Crippen molar-refractivity contribution >= 4 is 17.5 Å². The molecule has 24 heavy (non-hydrogen) atoms. The SMILES string of the molecule is C[C@@H](O)CNc1nccc(C2(c3ccccc3Cl)CCNCC2)n1. The van der Waals surface area contributed by atoms with Crippen LogP contribution in [0.5, 0.6) is 0 Å². The molecule has 0 bridgehead atoms. The zero-order valence-electron chi connectivity index (χ0n) is 13.8. The molecule has 1 atom stereocenters. The summed E-state index contributed by atoms with van der Waals surface area (Å²) in [5.41, 5.74) is 1.88. The first-order valence-electron chi connectivity index (χ1n) is 8.33. The molecule has 1 aromatic carbocycles. The van der Waals surface area contributed by atoms with E-state index >= 15 is 0 Å². The molecule has 1 fully saturated rings. The van der Waals surface area contributed by atoms with Crippen molar-refractivity contribution in [1.82, 2.24) is 15.3 Å². The van der Waals surface area contributed by atoms with Gasteiger partial charge in [0.25, 0.3) is 0 Å². The number of nitrogens with one attached hydrogen (secondary N) is 2. The smallest absolute Gasteiger partial charge is 0.222 e. The van der Waals surface area contributed by atoms with Gasteiger partial charge in [0.1, 0.15) is 0 Å². The van der Waals surface area contributed by atoms with Crippen LogP contribution >= 0.6 is 11.6 Å². The molecule has 128 valence electrons. The van der Waals surface area contributed by atoms with Crippen molar-refractivity contribution in [2.75, 3.05) is 25.0 Å². The van der Waals surface area contributed by atoms with Gasteiger partial charge in [-0.1, -0.05) is 29.8 Å². The Balaban J connectivity index is 2.01. The van der Waals surface area contributed by atoms with Crippen molar-refractivity contribution in [3.63, 3.8) is 0 Å². The first-order chi connectivity index (χ1) is 11.6. The van der Waals surface area contributed by atoms with Gasteiger partial charge < -0.3 is 15.7 Å². The number of benzene rings is 1. The number of hydrogen-bond acceptors (Lipinski definition) is 5. The number of aliphatic hydroxyl groups is 1. The summed E-state index contributed by atoms with van der Waals surface area (Å²) < 4.78 is 0. The molecule has 5 nitrogen and oxygen atoms in total. The van der Waals surface area contributed by atoms with Gasteiger partial charge in [-0.2, -0.15) is 0 Å². The highest BCUT2D eigenvalue weighted by Gasteiger charge is 2.38. The molecule has 0 saturated carbocycles. The fourth-order valence-electron chi connectivity index (χ4n) is 3.32. The maximum atomic E-state index is 9.45. The van der Waals surface area contributed by atoms with Crippen LogP contribution in [0.2, 0.25) is 5.02 Å². The third-order valence-corrected chi connectivity index (χ3v) is 4.88. The van der Waals surface area contributed by atoms with Crippen LogP contribution in [-0.4, -0.2) is 40.8 Å². The van der Waals surface area contributed by atoms with Crippen LogP contribution < -0.4 is 10.6 Å². The van der Waals surface area contributed by atoms with Crippen LogP contribution in [0.1, 0.15) is 31.0 Å². The summed E-state index contributed by atoms with van der Waals surface area (Å²) in [7, 11) is 0. The van der Waals surface area contributed by atoms with Crippen LogP contribution in [-0.2, 0) is 5.41 Å². The summed E-state index contributed by atoms with van der Waals surface area (Å²) in [5, 5.41) is 16.7. The van der Waals surface area contributed by atoms with E-state index in [9.17, 15) is 5.11 Å². The minimum Gasteiger partial charge on any atom is -0.392 e. The van der Waals surface area contributed by atoms with Gasteiger partial charge in [0.15, 0.2) is 0 Å². The summed E-state index contributed by atoms with van der Waals surface area (Å²) in [5.74, 6) is 0.540. The lowest BCUT2D eigenvalue weighted by Crippen LogP contribution is -2.41. The molecule has 6 heteroatoms. The molecular weight excluding hydrogens is 324 g/mol. The lowest BCUT2D eigenvalue weighted by Gasteiger charge is -2.38. The van der Waals surface area contributed by atoms with Crippen LogP contribution in [0.4, 0.5) is 5.95 Å². The number of aromatic nitrogens is 2. The first-order valence-corrected chi connectivity index (χ1v) is 8.71. The number of nitrogens with zero attached hydrogens (tertiary/aromatic N) is 2. The molecule has 0 radical (unpaired) electrons. The number of halogens is 1. The Morgan fingerprint density at radius 1 is 1.29 bits per heavy atom. The molecule has 1 aliphatic rings. The number of piperidine rings is 1. The molecule has 0 amide bonds. The zero-order valence-corrected chi connectivity index (χ0v) is 14.6. The molecule has 3 rings (SSSR count). The van der Waals surface area contributed by atoms with Gasteiger partial charge in [0.2, 0.25) is 5.95 Å². The van der Waals surface area contributed by atoms with Gasteiger partial charge in [0, 0.05) is 23.2 Å². The molecular formula is C18H23ClN4O. The second-order valence-corrected chi connectivity index (χ2v) is 6.71. The highest BCUT2D eigenvalue weighted by Crippen LogP contribution is 2.42. The fourth-order valence-corrected chi connectivity index (χ4v) is 3.63. The minimum absolute atomic E-state index is 0.214. The van der Waals surface area contributed by atoms with E-state index in [2.05, 4.69) is 21.7 Å². The summed E-state index contributed by atoms with van der Waals surface area (Å²) in [6.07, 6.45) is 3.19. The maximum absolute atomic E-state index is 9.45. The van der Waals surface area contributed by atoms with Crippen molar-refractivity contribution in [1.29, 1.82) is 0 Å². The Hall–Kier alpha value is -1.69. The molecule has 2 heterocycles. The Kier molecular flexibility index (Phi) is 5.33. The van der Waals surface area contributed by atoms with Crippen molar-refractivity contribution in [2.24, 2.45) is 0 Å². The van der Waals surface area contributed by atoms with E-state index in [0.29, 0.717) is 12.5 Å². The summed E-state index contributed by atoms with van der Waals surface area (Å²) in [4.78, 5) is 9.01. The molecule has 2 aromatic rings. The van der Waals surface area contributed by atoms with Crippen molar-refractivity contribution < 1.29 is 5.11 Å². The Morgan fingerprint density at radius 2 is 2.04 bits per heavy atom. The molecule has 1 aliphatic heterocycles. The average Bonchev–Trinajstić information content (AvgIpc) is 2.61. The van der Waals surface area contributed by atoms with Crippen LogP contribution in [0.15, 0.2) is 36.5 Å². The van der Waals surface area contributed by atoms with E-state index in [1.807, 2.05) is 24.3 Å². The quantitative estimate of drug-likeness (QED) is 0.776. The minimum atomic E-state index is -0.450. The zero-order chi connectivity index (χ0) is 17.0. The lowest BCUT2D eigenvalue weighted by atomic mass is 9.70. The second kappa shape index (κ2) is 7.47. The molecule has 1 aromatic heterocycles. The van der Waals surface area contributed by atoms with Crippen molar-refractivity contribution in [3.8, 4) is 0 Å². The van der Waals surface area contributed by atoms with Crippen LogP contribution in [0.25, 0.3) is 0 Å². The van der Waals surface area contributed by atoms with E-state index in [0.717, 1.165) is 42.2 Å². The molecule has 0 unspecified atom stereocenters. The largest absolute Gasteiger partial charge is 0.392 e. The monoisotopic (exact) mass is 346 g/mol. The summed E-state index contributed by atoms with van der Waals surface area (Å²) in [6, 6.07) is 9.99. The number of rotatable bonds is 5. The van der Waals surface area contributed by atoms with Crippen molar-refractivity contribution in [3.05, 3.63) is 52.8 Å². The maximum Gasteiger partial charge on any atom is 0.222 e. The van der Waals surface area contributed by atoms with E-state index in [1.165, 1.54) is 0 Å². The van der Waals surface area contributed by atoms with Crippen LogP contribution in [0, 0.1) is 0 Å². The Bertz CT molecular complexity index is 686. The highest BCUT2D eigenvalue weighted by molar-refractivity contribution is 6.31. The summed E-state index contributed by atoms with van der Waals surface area (Å²) >= 11 is 6.53. The van der Waals surface area contributed by atoms with E-state index in [4.69, 9.17) is 16.6 Å². The topological polar surface area (TPSA) is 70.1 Å². The normalized spacial score (nSPS) is 18.1. The average molecular weight is 347 g/mol. The molecule has 1 saturated heterocycles. The second-order valence-electron chi connectivity index (χ2n) is 6.31. The van der Waals surface area contributed by atoms with Gasteiger partial charge in [-0.15, -0.1) is 0 Å². The highest BCUT2D eigenvalue weighted by atomic mass is 35.5. The van der Waals surface area contributed by atoms with E-state index < -0.39 is 6.10 Å². The van der Waals surface area contributed by atoms with Gasteiger partial charge in [-0.25, -0.2) is 9.97 Å². The van der Waals surface area contributed by atoms with Gasteiger partial charge in [0.05, 0.1) is 11.8 Å². The Labute approximate surface area is 147 Å². The standard InChI is InChI=1S/C18H23ClN4O/c1-13(24)12-22-17-21-9-6-16(23-17)18(7-10-20-11-8-18)14-4-2-3-5-15(14)19/h2-6,9,13,20,24H,7-8,10-12H2,1H3,(H,21,22,23)/t13-/m1/s1. The number of hydrogen-bond donors (Lipinski definition) is 3. The third kappa shape index (κ3) is 3.53.